The Morgan fingerprint density at radius 3 is 2.57 bits per heavy atom. The van der Waals surface area contributed by atoms with Gasteiger partial charge in [-0.25, -0.2) is 4.39 Å². The van der Waals surface area contributed by atoms with Crippen molar-refractivity contribution in [1.29, 1.82) is 0 Å². The summed E-state index contributed by atoms with van der Waals surface area (Å²) in [7, 11) is 0. The SMILES string of the molecule is O=C(c1ccccc1)N1CCSC12C(=O)N(Cc1cccc(F)c1)c1ccccc12. The molecule has 3 aromatic rings. The third kappa shape index (κ3) is 2.82. The molecule has 0 bridgehead atoms. The van der Waals surface area contributed by atoms with Gasteiger partial charge in [-0.1, -0.05) is 48.5 Å². The van der Waals surface area contributed by atoms with Crippen molar-refractivity contribution in [3.63, 3.8) is 0 Å². The van der Waals surface area contributed by atoms with Crippen molar-refractivity contribution in [3.05, 3.63) is 101 Å². The molecule has 30 heavy (non-hydrogen) atoms. The Bertz CT molecular complexity index is 1140. The second-order valence-electron chi connectivity index (χ2n) is 7.35. The minimum Gasteiger partial charge on any atom is -0.311 e. The number of anilines is 1. The van der Waals surface area contributed by atoms with Crippen LogP contribution >= 0.6 is 11.8 Å². The summed E-state index contributed by atoms with van der Waals surface area (Å²) in [5.74, 6) is 0.0290. The minimum atomic E-state index is -1.09. The summed E-state index contributed by atoms with van der Waals surface area (Å²) in [5.41, 5.74) is 2.86. The number of para-hydroxylation sites is 1. The van der Waals surface area contributed by atoms with Crippen LogP contribution in [-0.2, 0) is 16.2 Å². The summed E-state index contributed by atoms with van der Waals surface area (Å²) >= 11 is 1.49. The lowest BCUT2D eigenvalue weighted by Gasteiger charge is -2.33. The molecule has 1 unspecified atom stereocenters. The minimum absolute atomic E-state index is 0.153. The Kier molecular flexibility index (Phi) is 4.59. The normalized spacial score (nSPS) is 20.1. The molecule has 1 atom stereocenters. The van der Waals surface area contributed by atoms with E-state index >= 15 is 0 Å². The van der Waals surface area contributed by atoms with Crippen molar-refractivity contribution >= 4 is 29.3 Å². The van der Waals surface area contributed by atoms with E-state index in [9.17, 15) is 14.0 Å². The number of thioether (sulfide) groups is 1. The number of nitrogens with zero attached hydrogens (tertiary/aromatic N) is 2. The molecular formula is C24H19FN2O2S. The quantitative estimate of drug-likeness (QED) is 0.633. The highest BCUT2D eigenvalue weighted by atomic mass is 32.2. The molecule has 0 saturated carbocycles. The number of amides is 2. The lowest BCUT2D eigenvalue weighted by Crippen LogP contribution is -2.50. The van der Waals surface area contributed by atoms with Gasteiger partial charge >= 0.3 is 0 Å². The highest BCUT2D eigenvalue weighted by Gasteiger charge is 2.59. The molecule has 0 radical (unpaired) electrons. The molecule has 4 nitrogen and oxygen atoms in total. The molecular weight excluding hydrogens is 399 g/mol. The van der Waals surface area contributed by atoms with Gasteiger partial charge in [0.2, 0.25) is 0 Å². The van der Waals surface area contributed by atoms with Crippen LogP contribution in [0.15, 0.2) is 78.9 Å². The topological polar surface area (TPSA) is 40.6 Å². The summed E-state index contributed by atoms with van der Waals surface area (Å²) in [6.07, 6.45) is 0. The maximum atomic E-state index is 13.8. The van der Waals surface area contributed by atoms with Crippen LogP contribution in [0.1, 0.15) is 21.5 Å². The molecule has 3 aromatic carbocycles. The van der Waals surface area contributed by atoms with Crippen molar-refractivity contribution in [3.8, 4) is 0 Å². The number of hydrogen-bond acceptors (Lipinski definition) is 3. The number of fused-ring (bicyclic) bond motifs is 2. The number of rotatable bonds is 3. The molecule has 2 aliphatic heterocycles. The average Bonchev–Trinajstić information content (AvgIpc) is 3.31. The second kappa shape index (κ2) is 7.29. The van der Waals surface area contributed by atoms with Crippen molar-refractivity contribution < 1.29 is 14.0 Å². The number of carbonyl (C=O) groups is 2. The third-order valence-corrected chi connectivity index (χ3v) is 7.02. The van der Waals surface area contributed by atoms with Gasteiger partial charge in [0.1, 0.15) is 5.82 Å². The van der Waals surface area contributed by atoms with Gasteiger partial charge < -0.3 is 9.80 Å². The molecule has 6 heteroatoms. The van der Waals surface area contributed by atoms with Crippen molar-refractivity contribution in [2.45, 2.75) is 11.4 Å². The molecule has 1 saturated heterocycles. The van der Waals surface area contributed by atoms with Gasteiger partial charge in [-0.2, -0.15) is 0 Å². The Hall–Kier alpha value is -3.12. The third-order valence-electron chi connectivity index (χ3n) is 5.60. The van der Waals surface area contributed by atoms with Crippen LogP contribution in [-0.4, -0.2) is 29.0 Å². The monoisotopic (exact) mass is 418 g/mol. The maximum absolute atomic E-state index is 13.8. The van der Waals surface area contributed by atoms with E-state index in [-0.39, 0.29) is 24.2 Å². The van der Waals surface area contributed by atoms with E-state index in [4.69, 9.17) is 0 Å². The van der Waals surface area contributed by atoms with E-state index in [1.807, 2.05) is 42.5 Å². The Morgan fingerprint density at radius 2 is 1.77 bits per heavy atom. The highest BCUT2D eigenvalue weighted by molar-refractivity contribution is 8.01. The fourth-order valence-electron chi connectivity index (χ4n) is 4.28. The summed E-state index contributed by atoms with van der Waals surface area (Å²) in [5, 5.41) is 0. The van der Waals surface area contributed by atoms with Crippen LogP contribution in [0.4, 0.5) is 10.1 Å². The molecule has 150 valence electrons. The molecule has 1 fully saturated rings. The highest BCUT2D eigenvalue weighted by Crippen LogP contribution is 2.54. The van der Waals surface area contributed by atoms with E-state index in [0.29, 0.717) is 23.4 Å². The van der Waals surface area contributed by atoms with Crippen LogP contribution in [0.3, 0.4) is 0 Å². The first-order valence-electron chi connectivity index (χ1n) is 9.78. The van der Waals surface area contributed by atoms with Gasteiger partial charge in [0.05, 0.1) is 12.2 Å². The van der Waals surface area contributed by atoms with Crippen molar-refractivity contribution in [1.82, 2.24) is 4.90 Å². The number of carbonyl (C=O) groups excluding carboxylic acids is 2. The van der Waals surface area contributed by atoms with Gasteiger partial charge in [0, 0.05) is 23.4 Å². The fraction of sp³-hybridized carbons (Fsp3) is 0.167. The van der Waals surface area contributed by atoms with E-state index in [2.05, 4.69) is 0 Å². The molecule has 0 aliphatic carbocycles. The zero-order valence-corrected chi connectivity index (χ0v) is 16.9. The lowest BCUT2D eigenvalue weighted by molar-refractivity contribution is -0.123. The van der Waals surface area contributed by atoms with Crippen LogP contribution in [0.5, 0.6) is 0 Å². The number of hydrogen-bond donors (Lipinski definition) is 0. The van der Waals surface area contributed by atoms with Crippen molar-refractivity contribution in [2.75, 3.05) is 17.2 Å². The molecule has 1 spiro atoms. The second-order valence-corrected chi connectivity index (χ2v) is 8.64. The van der Waals surface area contributed by atoms with Gasteiger partial charge in [-0.3, -0.25) is 9.59 Å². The van der Waals surface area contributed by atoms with Gasteiger partial charge in [0.25, 0.3) is 11.8 Å². The van der Waals surface area contributed by atoms with E-state index in [1.165, 1.54) is 23.9 Å². The lowest BCUT2D eigenvalue weighted by atomic mass is 10.0. The van der Waals surface area contributed by atoms with Gasteiger partial charge in [-0.15, -0.1) is 11.8 Å². The molecule has 2 heterocycles. The zero-order chi connectivity index (χ0) is 20.7. The summed E-state index contributed by atoms with van der Waals surface area (Å²) in [4.78, 5) is 29.5. The van der Waals surface area contributed by atoms with Crippen molar-refractivity contribution in [2.24, 2.45) is 0 Å². The van der Waals surface area contributed by atoms with Gasteiger partial charge in [-0.05, 0) is 35.9 Å². The zero-order valence-electron chi connectivity index (χ0n) is 16.1. The van der Waals surface area contributed by atoms with E-state index in [1.54, 1.807) is 34.1 Å². The maximum Gasteiger partial charge on any atom is 0.268 e. The Balaban J connectivity index is 1.58. The molecule has 0 N–H and O–H groups in total. The predicted molar refractivity (Wildman–Crippen MR) is 116 cm³/mol. The van der Waals surface area contributed by atoms with Crippen LogP contribution in [0.2, 0.25) is 0 Å². The first-order valence-corrected chi connectivity index (χ1v) is 10.8. The summed E-state index contributed by atoms with van der Waals surface area (Å²) < 4.78 is 13.7. The average molecular weight is 418 g/mol. The molecule has 2 aliphatic rings. The van der Waals surface area contributed by atoms with Crippen LogP contribution in [0.25, 0.3) is 0 Å². The Morgan fingerprint density at radius 1 is 1.00 bits per heavy atom. The Labute approximate surface area is 178 Å². The molecule has 5 rings (SSSR count). The van der Waals surface area contributed by atoms with Crippen LogP contribution in [0, 0.1) is 5.82 Å². The first kappa shape index (κ1) is 18.9. The van der Waals surface area contributed by atoms with Gasteiger partial charge in [0.15, 0.2) is 4.87 Å². The molecule has 2 amide bonds. The number of halogens is 1. The number of benzene rings is 3. The largest absolute Gasteiger partial charge is 0.311 e. The first-order chi connectivity index (χ1) is 14.6. The standard InChI is InChI=1S/C24H19FN2O2S/c25-19-10-6-7-17(15-19)16-26-21-12-5-4-11-20(21)24(23(26)29)27(13-14-30-24)22(28)18-8-2-1-3-9-18/h1-12,15H,13-14,16H2. The molecule has 0 aromatic heterocycles. The van der Waals surface area contributed by atoms with E-state index < -0.39 is 4.87 Å². The summed E-state index contributed by atoms with van der Waals surface area (Å²) in [6, 6.07) is 22.9. The smallest absolute Gasteiger partial charge is 0.268 e. The van der Waals surface area contributed by atoms with Crippen LogP contribution < -0.4 is 4.90 Å². The summed E-state index contributed by atoms with van der Waals surface area (Å²) in [6.45, 7) is 0.746. The fourth-order valence-corrected chi connectivity index (χ4v) is 5.74. The predicted octanol–water partition coefficient (Wildman–Crippen LogP) is 4.41. The van der Waals surface area contributed by atoms with E-state index in [0.717, 1.165) is 11.3 Å².